The van der Waals surface area contributed by atoms with Gasteiger partial charge >= 0.3 is 0 Å². The zero-order chi connectivity index (χ0) is 15.1. The summed E-state index contributed by atoms with van der Waals surface area (Å²) in [6.45, 7) is 4.01. The van der Waals surface area contributed by atoms with Crippen LogP contribution in [0, 0.1) is 5.92 Å². The van der Waals surface area contributed by atoms with Crippen LogP contribution in [0.3, 0.4) is 0 Å². The molecule has 4 nitrogen and oxygen atoms in total. The molecule has 1 N–H and O–H groups in total. The number of nitrogens with zero attached hydrogens (tertiary/aromatic N) is 1. The van der Waals surface area contributed by atoms with Crippen molar-refractivity contribution in [3.8, 4) is 0 Å². The molecule has 0 aliphatic carbocycles. The van der Waals surface area contributed by atoms with Gasteiger partial charge in [0.15, 0.2) is 0 Å². The zero-order valence-corrected chi connectivity index (χ0v) is 12.7. The van der Waals surface area contributed by atoms with E-state index in [1.807, 2.05) is 30.0 Å². The predicted octanol–water partition coefficient (Wildman–Crippen LogP) is 1.99. The van der Waals surface area contributed by atoms with Gasteiger partial charge in [-0.25, -0.2) is 0 Å². The molecule has 1 fully saturated rings. The molecule has 1 aromatic carbocycles. The van der Waals surface area contributed by atoms with Crippen LogP contribution in [0.1, 0.15) is 31.7 Å². The monoisotopic (exact) mass is 288 g/mol. The van der Waals surface area contributed by atoms with Gasteiger partial charge in [0.1, 0.15) is 0 Å². The van der Waals surface area contributed by atoms with Crippen LogP contribution in [0.25, 0.3) is 0 Å². The van der Waals surface area contributed by atoms with E-state index in [2.05, 4.69) is 17.4 Å². The van der Waals surface area contributed by atoms with E-state index in [1.54, 1.807) is 0 Å². The van der Waals surface area contributed by atoms with Crippen molar-refractivity contribution in [2.24, 2.45) is 5.92 Å². The summed E-state index contributed by atoms with van der Waals surface area (Å²) in [5.41, 5.74) is 1.20. The molecule has 0 atom stereocenters. The Morgan fingerprint density at radius 2 is 1.86 bits per heavy atom. The molecule has 0 unspecified atom stereocenters. The molecule has 0 bridgehead atoms. The van der Waals surface area contributed by atoms with Crippen LogP contribution in [0.2, 0.25) is 0 Å². The van der Waals surface area contributed by atoms with Crippen LogP contribution in [0.5, 0.6) is 0 Å². The molecule has 0 radical (unpaired) electrons. The van der Waals surface area contributed by atoms with Crippen LogP contribution in [-0.2, 0) is 16.0 Å². The standard InChI is InChI=1S/C17H24N2O2/c1-2-18-17(21)15-10-12-19(13-11-15)16(20)9-8-14-6-4-3-5-7-14/h3-7,15H,2,8-13H2,1H3,(H,18,21). The highest BCUT2D eigenvalue weighted by Crippen LogP contribution is 2.18. The van der Waals surface area contributed by atoms with Crippen molar-refractivity contribution >= 4 is 11.8 Å². The lowest BCUT2D eigenvalue weighted by Gasteiger charge is -2.31. The molecule has 4 heteroatoms. The van der Waals surface area contributed by atoms with Crippen LogP contribution in [0.4, 0.5) is 0 Å². The molecule has 1 heterocycles. The summed E-state index contributed by atoms with van der Waals surface area (Å²) in [5.74, 6) is 0.408. The molecule has 0 saturated carbocycles. The number of carbonyl (C=O) groups excluding carboxylic acids is 2. The van der Waals surface area contributed by atoms with E-state index >= 15 is 0 Å². The van der Waals surface area contributed by atoms with Gasteiger partial charge in [0, 0.05) is 32.0 Å². The van der Waals surface area contributed by atoms with Crippen molar-refractivity contribution in [1.29, 1.82) is 0 Å². The minimum Gasteiger partial charge on any atom is -0.356 e. The Balaban J connectivity index is 1.74. The van der Waals surface area contributed by atoms with E-state index < -0.39 is 0 Å². The van der Waals surface area contributed by atoms with E-state index in [0.717, 1.165) is 19.3 Å². The summed E-state index contributed by atoms with van der Waals surface area (Å²) >= 11 is 0. The molecule has 114 valence electrons. The Bertz CT molecular complexity index is 465. The highest BCUT2D eigenvalue weighted by atomic mass is 16.2. The summed E-state index contributed by atoms with van der Waals surface area (Å²) in [7, 11) is 0. The highest BCUT2D eigenvalue weighted by Gasteiger charge is 2.26. The largest absolute Gasteiger partial charge is 0.356 e. The van der Waals surface area contributed by atoms with Gasteiger partial charge in [0.25, 0.3) is 0 Å². The van der Waals surface area contributed by atoms with Crippen molar-refractivity contribution in [1.82, 2.24) is 10.2 Å². The topological polar surface area (TPSA) is 49.4 Å². The Kier molecular flexibility index (Phi) is 5.78. The molecule has 0 aromatic heterocycles. The minimum absolute atomic E-state index is 0.0723. The van der Waals surface area contributed by atoms with Gasteiger partial charge in [-0.15, -0.1) is 0 Å². The quantitative estimate of drug-likeness (QED) is 0.901. The Morgan fingerprint density at radius 3 is 2.48 bits per heavy atom. The molecular formula is C17H24N2O2. The molecule has 2 rings (SSSR count). The minimum atomic E-state index is 0.0723. The van der Waals surface area contributed by atoms with Crippen LogP contribution in [-0.4, -0.2) is 36.3 Å². The maximum atomic E-state index is 12.2. The average molecular weight is 288 g/mol. The number of carbonyl (C=O) groups is 2. The van der Waals surface area contributed by atoms with Crippen molar-refractivity contribution in [2.75, 3.05) is 19.6 Å². The predicted molar refractivity (Wildman–Crippen MR) is 82.8 cm³/mol. The van der Waals surface area contributed by atoms with Gasteiger partial charge in [-0.2, -0.15) is 0 Å². The maximum Gasteiger partial charge on any atom is 0.223 e. The van der Waals surface area contributed by atoms with Gasteiger partial charge < -0.3 is 10.2 Å². The van der Waals surface area contributed by atoms with Crippen molar-refractivity contribution in [3.63, 3.8) is 0 Å². The van der Waals surface area contributed by atoms with E-state index in [4.69, 9.17) is 0 Å². The number of piperidine rings is 1. The van der Waals surface area contributed by atoms with Gasteiger partial charge in [-0.3, -0.25) is 9.59 Å². The Labute approximate surface area is 126 Å². The summed E-state index contributed by atoms with van der Waals surface area (Å²) in [6, 6.07) is 10.1. The van der Waals surface area contributed by atoms with Crippen LogP contribution in [0.15, 0.2) is 30.3 Å². The number of likely N-dealkylation sites (tertiary alicyclic amines) is 1. The molecule has 2 amide bonds. The highest BCUT2D eigenvalue weighted by molar-refractivity contribution is 5.80. The summed E-state index contributed by atoms with van der Waals surface area (Å²) in [4.78, 5) is 25.9. The number of benzene rings is 1. The summed E-state index contributed by atoms with van der Waals surface area (Å²) in [6.07, 6.45) is 2.90. The van der Waals surface area contributed by atoms with Gasteiger partial charge in [0.05, 0.1) is 0 Å². The SMILES string of the molecule is CCNC(=O)C1CCN(C(=O)CCc2ccccc2)CC1. The fourth-order valence-electron chi connectivity index (χ4n) is 2.76. The lowest BCUT2D eigenvalue weighted by atomic mass is 9.95. The fourth-order valence-corrected chi connectivity index (χ4v) is 2.76. The summed E-state index contributed by atoms with van der Waals surface area (Å²) < 4.78 is 0. The second kappa shape index (κ2) is 7.81. The van der Waals surface area contributed by atoms with E-state index in [-0.39, 0.29) is 17.7 Å². The van der Waals surface area contributed by atoms with E-state index in [0.29, 0.717) is 26.1 Å². The van der Waals surface area contributed by atoms with Crippen molar-refractivity contribution < 1.29 is 9.59 Å². The first-order chi connectivity index (χ1) is 10.2. The number of hydrogen-bond donors (Lipinski definition) is 1. The molecule has 1 aliphatic heterocycles. The number of aryl methyl sites for hydroxylation is 1. The molecule has 1 aromatic rings. The number of hydrogen-bond acceptors (Lipinski definition) is 2. The second-order valence-electron chi connectivity index (χ2n) is 5.54. The van der Waals surface area contributed by atoms with Crippen LogP contribution >= 0.6 is 0 Å². The van der Waals surface area contributed by atoms with Gasteiger partial charge in [-0.1, -0.05) is 30.3 Å². The number of nitrogens with one attached hydrogen (secondary N) is 1. The Hall–Kier alpha value is -1.84. The average Bonchev–Trinajstić information content (AvgIpc) is 2.54. The van der Waals surface area contributed by atoms with Crippen molar-refractivity contribution in [2.45, 2.75) is 32.6 Å². The number of amides is 2. The van der Waals surface area contributed by atoms with Crippen LogP contribution < -0.4 is 5.32 Å². The molecule has 1 saturated heterocycles. The van der Waals surface area contributed by atoms with Crippen molar-refractivity contribution in [3.05, 3.63) is 35.9 Å². The molecule has 1 aliphatic rings. The molecule has 21 heavy (non-hydrogen) atoms. The first-order valence-corrected chi connectivity index (χ1v) is 7.80. The number of rotatable bonds is 5. The first-order valence-electron chi connectivity index (χ1n) is 7.80. The normalized spacial score (nSPS) is 15.8. The van der Waals surface area contributed by atoms with E-state index in [1.165, 1.54) is 5.56 Å². The third kappa shape index (κ3) is 4.59. The lowest BCUT2D eigenvalue weighted by molar-refractivity contribution is -0.135. The maximum absolute atomic E-state index is 12.2. The fraction of sp³-hybridized carbons (Fsp3) is 0.529. The lowest BCUT2D eigenvalue weighted by Crippen LogP contribution is -2.43. The molecular weight excluding hydrogens is 264 g/mol. The van der Waals surface area contributed by atoms with Gasteiger partial charge in [-0.05, 0) is 31.7 Å². The Morgan fingerprint density at radius 1 is 1.19 bits per heavy atom. The third-order valence-electron chi connectivity index (χ3n) is 4.04. The van der Waals surface area contributed by atoms with E-state index in [9.17, 15) is 9.59 Å². The zero-order valence-electron chi connectivity index (χ0n) is 12.7. The third-order valence-corrected chi connectivity index (χ3v) is 4.04. The second-order valence-corrected chi connectivity index (χ2v) is 5.54. The van der Waals surface area contributed by atoms with Gasteiger partial charge in [0.2, 0.25) is 11.8 Å². The smallest absolute Gasteiger partial charge is 0.223 e. The first kappa shape index (κ1) is 15.5. The summed E-state index contributed by atoms with van der Waals surface area (Å²) in [5, 5.41) is 2.86. The molecule has 0 spiro atoms.